The highest BCUT2D eigenvalue weighted by molar-refractivity contribution is 5.93. The van der Waals surface area contributed by atoms with Gasteiger partial charge in [-0.05, 0) is 72.8 Å². The summed E-state index contributed by atoms with van der Waals surface area (Å²) in [6.07, 6.45) is -14.0. The molecule has 0 saturated carbocycles. The maximum atomic E-state index is 15.0. The number of carbonyl (C=O) groups excluding carboxylic acids is 3. The van der Waals surface area contributed by atoms with E-state index >= 15 is 0 Å². The van der Waals surface area contributed by atoms with E-state index in [1.54, 1.807) is 0 Å². The van der Waals surface area contributed by atoms with Crippen LogP contribution < -0.4 is 14.2 Å². The Balaban J connectivity index is 1.18. The van der Waals surface area contributed by atoms with Gasteiger partial charge in [0, 0.05) is 75.2 Å². The van der Waals surface area contributed by atoms with E-state index in [0.717, 1.165) is 30.3 Å². The predicted octanol–water partition coefficient (Wildman–Crippen LogP) is 6.51. The minimum Gasteiger partial charge on any atom is -0.508 e. The molecular formula is C66H50O33. The zero-order valence-electron chi connectivity index (χ0n) is 49.5. The van der Waals surface area contributed by atoms with Gasteiger partial charge in [-0.1, -0.05) is 0 Å². The highest BCUT2D eigenvalue weighted by Gasteiger charge is 2.54. The Bertz CT molecular complexity index is 4790. The van der Waals surface area contributed by atoms with Crippen molar-refractivity contribution in [2.75, 3.05) is 0 Å². The second kappa shape index (κ2) is 23.8. The summed E-state index contributed by atoms with van der Waals surface area (Å²) in [7, 11) is 0. The molecule has 0 spiro atoms. The lowest BCUT2D eigenvalue weighted by atomic mass is 9.73. The number of phenols is 24. The van der Waals surface area contributed by atoms with Crippen molar-refractivity contribution < 1.29 is 165 Å². The second-order valence-electron chi connectivity index (χ2n) is 22.9. The van der Waals surface area contributed by atoms with Crippen molar-refractivity contribution in [1.29, 1.82) is 0 Å². The van der Waals surface area contributed by atoms with Gasteiger partial charge in [0.25, 0.3) is 0 Å². The predicted molar refractivity (Wildman–Crippen MR) is 323 cm³/mol. The molecular weight excluding hydrogens is 1320 g/mol. The van der Waals surface area contributed by atoms with Crippen LogP contribution in [0.15, 0.2) is 97.1 Å². The van der Waals surface area contributed by atoms with E-state index in [-0.39, 0.29) is 0 Å². The highest BCUT2D eigenvalue weighted by atomic mass is 16.6. The van der Waals surface area contributed by atoms with E-state index in [1.807, 2.05) is 0 Å². The van der Waals surface area contributed by atoms with Gasteiger partial charge in [-0.2, -0.15) is 0 Å². The van der Waals surface area contributed by atoms with Crippen LogP contribution in [0.4, 0.5) is 0 Å². The van der Waals surface area contributed by atoms with Gasteiger partial charge in [-0.25, -0.2) is 14.4 Å². The Morgan fingerprint density at radius 1 is 0.293 bits per heavy atom. The number of fused-ring (bicyclic) bond motifs is 3. The topological polar surface area (TPSA) is 592 Å². The SMILES string of the molecule is O=C(O[C@@H]1[C@@H](c2c(O)cc(O)c3c2O[C@H](c2cc(O)c(O)c(O)c2)[C@H](OC(=O)c2cc(O)c(O)c(O)c2)C3)c2c(O)cc(O)c([C@H]3c4c(O)cc(O)cc4O[C@H](c4cc(O)c(O)c(O)c4)[C@@H]3OC(=O)c3cc(O)c(O)c(O)c3)c2O[C@@H]1c1cc(O)c(O)c(O)c1)c1cc(O)c(O)c(O)c1. The van der Waals surface area contributed by atoms with Crippen LogP contribution in [0.1, 0.15) is 106 Å². The molecule has 0 radical (unpaired) electrons. The molecule has 33 heteroatoms. The van der Waals surface area contributed by atoms with E-state index < -0.39 is 289 Å². The third-order valence-corrected chi connectivity index (χ3v) is 16.7. The second-order valence-corrected chi connectivity index (χ2v) is 22.9. The summed E-state index contributed by atoms with van der Waals surface area (Å²) in [5.74, 6) is -38.0. The van der Waals surface area contributed by atoms with Gasteiger partial charge in [-0.3, -0.25) is 0 Å². The molecule has 0 amide bonds. The van der Waals surface area contributed by atoms with Crippen LogP contribution >= 0.6 is 0 Å². The summed E-state index contributed by atoms with van der Waals surface area (Å²) in [5.41, 5.74) is -7.52. The molecule has 512 valence electrons. The average Bonchev–Trinajstić information content (AvgIpc) is 0.710. The Morgan fingerprint density at radius 3 is 0.970 bits per heavy atom. The lowest BCUT2D eigenvalue weighted by Gasteiger charge is -2.44. The number of rotatable bonds is 11. The van der Waals surface area contributed by atoms with Gasteiger partial charge in [0.1, 0.15) is 57.8 Å². The van der Waals surface area contributed by atoms with E-state index in [9.17, 15) is 137 Å². The number of aromatic hydroxyl groups is 24. The fourth-order valence-electron chi connectivity index (χ4n) is 12.2. The summed E-state index contributed by atoms with van der Waals surface area (Å²) < 4.78 is 37.9. The summed E-state index contributed by atoms with van der Waals surface area (Å²) >= 11 is 0. The molecule has 0 unspecified atom stereocenters. The van der Waals surface area contributed by atoms with Crippen molar-refractivity contribution in [3.8, 4) is 155 Å². The first-order chi connectivity index (χ1) is 46.7. The molecule has 3 aliphatic heterocycles. The van der Waals surface area contributed by atoms with Gasteiger partial charge >= 0.3 is 17.9 Å². The van der Waals surface area contributed by atoms with Gasteiger partial charge < -0.3 is 151 Å². The fourth-order valence-corrected chi connectivity index (χ4v) is 12.2. The first-order valence-electron chi connectivity index (χ1n) is 28.6. The molecule has 0 bridgehead atoms. The third-order valence-electron chi connectivity index (χ3n) is 16.7. The van der Waals surface area contributed by atoms with Crippen LogP contribution in [0.3, 0.4) is 0 Å². The zero-order chi connectivity index (χ0) is 71.6. The van der Waals surface area contributed by atoms with E-state index in [4.69, 9.17) is 28.4 Å². The van der Waals surface area contributed by atoms with Crippen LogP contribution in [0, 0.1) is 0 Å². The van der Waals surface area contributed by atoms with Gasteiger partial charge in [0.15, 0.2) is 134 Å². The number of hydrogen-bond acceptors (Lipinski definition) is 33. The standard InChI is InChI=1S/C66H50O33/c67-24-13-27(69)45-43(14-24)94-58(19-3-33(75)52(86)34(76)4-19)62(98-65(92)22-9-39(81)55(89)40(82)10-22)49(45)47-29(71)17-30(72)48-50(63(99-66(93)23-11-41(83)56(90)42(84)12-23)59(97-61(47)48)20-5-35(77)53(87)36(78)6-20)46-28(70)16-26(68)25-15-44(95-64(91)21-7-37(79)54(88)38(80)8-21)57(96-60(25)46)18-1-31(73)51(85)32(74)2-18/h1-14,16-17,44,49-50,57-59,62-63,67-90H,15H2/t44-,49-,50+,57-,58-,59-,62-,63-/m1/s1. The van der Waals surface area contributed by atoms with Crippen molar-refractivity contribution in [2.24, 2.45) is 0 Å². The Kier molecular flexibility index (Phi) is 15.6. The number of hydrogen-bond donors (Lipinski definition) is 24. The van der Waals surface area contributed by atoms with Crippen LogP contribution in [-0.2, 0) is 20.6 Å². The van der Waals surface area contributed by atoms with Gasteiger partial charge in [0.2, 0.25) is 0 Å². The van der Waals surface area contributed by atoms with Crippen molar-refractivity contribution in [3.05, 3.63) is 158 Å². The molecule has 99 heavy (non-hydrogen) atoms. The molecule has 12 rings (SSSR count). The molecule has 0 aromatic heterocycles. The molecule has 0 aliphatic carbocycles. The maximum Gasteiger partial charge on any atom is 0.338 e. The van der Waals surface area contributed by atoms with Crippen molar-refractivity contribution in [2.45, 2.75) is 54.9 Å². The molecule has 9 aromatic rings. The number of ether oxygens (including phenoxy) is 6. The van der Waals surface area contributed by atoms with Crippen LogP contribution in [0.2, 0.25) is 0 Å². The number of carbonyl (C=O) groups is 3. The van der Waals surface area contributed by atoms with Gasteiger partial charge in [0.05, 0.1) is 28.5 Å². The number of phenolic OH excluding ortho intramolecular Hbond substituents is 24. The van der Waals surface area contributed by atoms with Crippen LogP contribution in [0.5, 0.6) is 155 Å². The van der Waals surface area contributed by atoms with E-state index in [2.05, 4.69) is 0 Å². The quantitative estimate of drug-likeness (QED) is 0.0373. The first-order valence-corrected chi connectivity index (χ1v) is 28.6. The molecule has 24 N–H and O–H groups in total. The summed E-state index contributed by atoms with van der Waals surface area (Å²) in [4.78, 5) is 43.8. The number of esters is 3. The number of benzene rings is 9. The normalized spacial score (nSPS) is 19.0. The van der Waals surface area contributed by atoms with Crippen molar-refractivity contribution in [3.63, 3.8) is 0 Å². The molecule has 8 atom stereocenters. The smallest absolute Gasteiger partial charge is 0.338 e. The first kappa shape index (κ1) is 65.1. The van der Waals surface area contributed by atoms with E-state index in [0.29, 0.717) is 66.7 Å². The van der Waals surface area contributed by atoms with E-state index in [1.165, 1.54) is 0 Å². The van der Waals surface area contributed by atoms with Gasteiger partial charge in [-0.15, -0.1) is 0 Å². The zero-order valence-corrected chi connectivity index (χ0v) is 49.5. The Labute approximate surface area is 549 Å². The fraction of sp³-hybridized carbons (Fsp3) is 0.136. The minimum atomic E-state index is -2.46. The lowest BCUT2D eigenvalue weighted by molar-refractivity contribution is -0.0346. The van der Waals surface area contributed by atoms with Crippen LogP contribution in [-0.4, -0.2) is 159 Å². The molecule has 3 heterocycles. The Morgan fingerprint density at radius 2 is 0.586 bits per heavy atom. The summed E-state index contributed by atoms with van der Waals surface area (Å²) in [6, 6.07) is 10.8. The molecule has 3 aliphatic rings. The summed E-state index contributed by atoms with van der Waals surface area (Å²) in [5, 5.41) is 266. The molecule has 0 fully saturated rings. The lowest BCUT2D eigenvalue weighted by Crippen LogP contribution is -2.42. The highest BCUT2D eigenvalue weighted by Crippen LogP contribution is 2.64. The molecule has 9 aromatic carbocycles. The largest absolute Gasteiger partial charge is 0.508 e. The Hall–Kier alpha value is -14.0. The van der Waals surface area contributed by atoms with Crippen molar-refractivity contribution in [1.82, 2.24) is 0 Å². The molecule has 33 nitrogen and oxygen atoms in total. The van der Waals surface area contributed by atoms with Crippen LogP contribution in [0.25, 0.3) is 0 Å². The van der Waals surface area contributed by atoms with Crippen molar-refractivity contribution >= 4 is 17.9 Å². The monoisotopic (exact) mass is 1370 g/mol. The minimum absolute atomic E-state index is 0.436. The molecule has 0 saturated heterocycles. The third kappa shape index (κ3) is 11.1. The average molecular weight is 1370 g/mol. The maximum absolute atomic E-state index is 15.0. The summed E-state index contributed by atoms with van der Waals surface area (Å²) in [6.45, 7) is 0.